The predicted octanol–water partition coefficient (Wildman–Crippen LogP) is 0.786. The molecular weight excluding hydrogens is 206 g/mol. The Balaban J connectivity index is 2.05. The van der Waals surface area contributed by atoms with Gasteiger partial charge in [0.15, 0.2) is 0 Å². The summed E-state index contributed by atoms with van der Waals surface area (Å²) in [5.74, 6) is 0.169. The quantitative estimate of drug-likeness (QED) is 0.740. The van der Waals surface area contributed by atoms with Gasteiger partial charge in [-0.3, -0.25) is 4.79 Å². The Bertz CT molecular complexity index is 356. The van der Waals surface area contributed by atoms with Gasteiger partial charge in [-0.15, -0.1) is 0 Å². The van der Waals surface area contributed by atoms with Gasteiger partial charge in [-0.1, -0.05) is 6.92 Å². The van der Waals surface area contributed by atoms with E-state index >= 15 is 0 Å². The average Bonchev–Trinajstić information content (AvgIpc) is 2.39. The average molecular weight is 221 g/mol. The first-order chi connectivity index (χ1) is 7.81. The fraction of sp³-hybridized carbons (Fsp3) is 0.545. The zero-order valence-corrected chi connectivity index (χ0v) is 9.30. The lowest BCUT2D eigenvalue weighted by atomic mass is 10.2. The number of carbonyl (C=O) groups excluding carboxylic acids is 1. The molecule has 16 heavy (non-hydrogen) atoms. The molecule has 1 atom stereocenters. The van der Waals surface area contributed by atoms with E-state index in [1.165, 1.54) is 6.33 Å². The molecule has 86 valence electrons. The third kappa shape index (κ3) is 2.36. The molecule has 0 unspecified atom stereocenters. The first kappa shape index (κ1) is 11.0. The lowest BCUT2D eigenvalue weighted by Crippen LogP contribution is -2.42. The van der Waals surface area contributed by atoms with E-state index in [0.29, 0.717) is 26.1 Å². The lowest BCUT2D eigenvalue weighted by molar-refractivity contribution is -0.138. The van der Waals surface area contributed by atoms with Gasteiger partial charge in [0.05, 0.1) is 18.8 Å². The molecule has 2 rings (SSSR count). The van der Waals surface area contributed by atoms with Crippen molar-refractivity contribution in [2.45, 2.75) is 19.4 Å². The van der Waals surface area contributed by atoms with Gasteiger partial charge in [0, 0.05) is 19.2 Å². The molecular formula is C11H15N3O2. The Morgan fingerprint density at radius 2 is 2.56 bits per heavy atom. The Kier molecular flexibility index (Phi) is 3.46. The molecule has 1 aromatic heterocycles. The van der Waals surface area contributed by atoms with Crippen molar-refractivity contribution in [2.24, 2.45) is 0 Å². The van der Waals surface area contributed by atoms with Crippen LogP contribution in [-0.4, -0.2) is 40.5 Å². The molecule has 1 fully saturated rings. The molecule has 1 aromatic rings. The zero-order valence-electron chi connectivity index (χ0n) is 9.30. The molecule has 0 radical (unpaired) electrons. The highest BCUT2D eigenvalue weighted by Gasteiger charge is 2.25. The molecule has 5 heteroatoms. The zero-order chi connectivity index (χ0) is 11.4. The third-order valence-corrected chi connectivity index (χ3v) is 2.66. The van der Waals surface area contributed by atoms with E-state index in [2.05, 4.69) is 9.97 Å². The van der Waals surface area contributed by atoms with Crippen LogP contribution >= 0.6 is 0 Å². The Labute approximate surface area is 94.5 Å². The molecule has 5 nitrogen and oxygen atoms in total. The number of hydrogen-bond donors (Lipinski definition) is 0. The van der Waals surface area contributed by atoms with E-state index < -0.39 is 0 Å². The summed E-state index contributed by atoms with van der Waals surface area (Å²) in [6.45, 7) is 3.70. The van der Waals surface area contributed by atoms with Crippen molar-refractivity contribution in [3.63, 3.8) is 0 Å². The van der Waals surface area contributed by atoms with Crippen molar-refractivity contribution < 1.29 is 9.53 Å². The monoisotopic (exact) mass is 221 g/mol. The molecule has 1 amide bonds. The van der Waals surface area contributed by atoms with Gasteiger partial charge in [-0.25, -0.2) is 9.97 Å². The van der Waals surface area contributed by atoms with Crippen LogP contribution in [0.5, 0.6) is 0 Å². The number of rotatable bonds is 2. The molecule has 0 N–H and O–H groups in total. The summed E-state index contributed by atoms with van der Waals surface area (Å²) in [6.07, 6.45) is 3.61. The van der Waals surface area contributed by atoms with E-state index in [1.54, 1.807) is 6.20 Å². The normalized spacial score (nSPS) is 20.8. The maximum Gasteiger partial charge on any atom is 0.222 e. The fourth-order valence-electron chi connectivity index (χ4n) is 1.77. The summed E-state index contributed by atoms with van der Waals surface area (Å²) >= 11 is 0. The second kappa shape index (κ2) is 5.03. The smallest absolute Gasteiger partial charge is 0.222 e. The SMILES string of the molecule is CCC(=O)N1CCO[C@@H](c2ccncn2)C1. The molecule has 0 aromatic carbocycles. The van der Waals surface area contributed by atoms with E-state index in [4.69, 9.17) is 4.74 Å². The molecule has 1 aliphatic rings. The van der Waals surface area contributed by atoms with Crippen molar-refractivity contribution in [1.29, 1.82) is 0 Å². The number of ether oxygens (including phenoxy) is 1. The van der Waals surface area contributed by atoms with Crippen LogP contribution in [0.3, 0.4) is 0 Å². The van der Waals surface area contributed by atoms with Gasteiger partial charge in [0.25, 0.3) is 0 Å². The van der Waals surface area contributed by atoms with Crippen molar-refractivity contribution in [2.75, 3.05) is 19.7 Å². The summed E-state index contributed by atoms with van der Waals surface area (Å²) in [7, 11) is 0. The summed E-state index contributed by atoms with van der Waals surface area (Å²) in [5, 5.41) is 0. The Morgan fingerprint density at radius 3 is 3.25 bits per heavy atom. The van der Waals surface area contributed by atoms with Gasteiger partial charge in [-0.2, -0.15) is 0 Å². The number of hydrogen-bond acceptors (Lipinski definition) is 4. The van der Waals surface area contributed by atoms with Crippen molar-refractivity contribution in [1.82, 2.24) is 14.9 Å². The maximum absolute atomic E-state index is 11.6. The van der Waals surface area contributed by atoms with E-state index in [0.717, 1.165) is 5.69 Å². The van der Waals surface area contributed by atoms with Gasteiger partial charge >= 0.3 is 0 Å². The minimum absolute atomic E-state index is 0.118. The van der Waals surface area contributed by atoms with Crippen molar-refractivity contribution in [3.8, 4) is 0 Å². The predicted molar refractivity (Wildman–Crippen MR) is 57.6 cm³/mol. The number of aromatic nitrogens is 2. The second-order valence-corrected chi connectivity index (χ2v) is 3.69. The standard InChI is InChI=1S/C11H15N3O2/c1-2-11(15)14-5-6-16-10(7-14)9-3-4-12-8-13-9/h3-4,8,10H,2,5-7H2,1H3/t10-/m1/s1. The Morgan fingerprint density at radius 1 is 1.69 bits per heavy atom. The fourth-order valence-corrected chi connectivity index (χ4v) is 1.77. The molecule has 0 aliphatic carbocycles. The van der Waals surface area contributed by atoms with Crippen molar-refractivity contribution >= 4 is 5.91 Å². The number of nitrogens with zero attached hydrogens (tertiary/aromatic N) is 3. The summed E-state index contributed by atoms with van der Waals surface area (Å²) < 4.78 is 5.60. The van der Waals surface area contributed by atoms with Gasteiger partial charge < -0.3 is 9.64 Å². The van der Waals surface area contributed by atoms with Crippen LogP contribution in [0.2, 0.25) is 0 Å². The highest BCUT2D eigenvalue weighted by molar-refractivity contribution is 5.75. The molecule has 2 heterocycles. The minimum Gasteiger partial charge on any atom is -0.368 e. The molecule has 0 bridgehead atoms. The topological polar surface area (TPSA) is 55.3 Å². The maximum atomic E-state index is 11.6. The lowest BCUT2D eigenvalue weighted by Gasteiger charge is -2.32. The van der Waals surface area contributed by atoms with Crippen LogP contribution in [0, 0.1) is 0 Å². The van der Waals surface area contributed by atoms with Crippen molar-refractivity contribution in [3.05, 3.63) is 24.3 Å². The highest BCUT2D eigenvalue weighted by Crippen LogP contribution is 2.20. The van der Waals surface area contributed by atoms with Crippen LogP contribution in [0.15, 0.2) is 18.6 Å². The summed E-state index contributed by atoms with van der Waals surface area (Å²) in [6, 6.07) is 1.82. The van der Waals surface area contributed by atoms with E-state index in [1.807, 2.05) is 17.9 Å². The van der Waals surface area contributed by atoms with Crippen LogP contribution < -0.4 is 0 Å². The molecule has 0 saturated carbocycles. The minimum atomic E-state index is -0.118. The first-order valence-corrected chi connectivity index (χ1v) is 5.46. The number of carbonyl (C=O) groups is 1. The van der Waals surface area contributed by atoms with Crippen LogP contribution in [0.25, 0.3) is 0 Å². The highest BCUT2D eigenvalue weighted by atomic mass is 16.5. The number of morpholine rings is 1. The first-order valence-electron chi connectivity index (χ1n) is 5.46. The summed E-state index contributed by atoms with van der Waals surface area (Å²) in [5.41, 5.74) is 0.837. The van der Waals surface area contributed by atoms with Crippen LogP contribution in [-0.2, 0) is 9.53 Å². The van der Waals surface area contributed by atoms with Gasteiger partial charge in [0.1, 0.15) is 12.4 Å². The number of amides is 1. The van der Waals surface area contributed by atoms with E-state index in [9.17, 15) is 4.79 Å². The van der Waals surface area contributed by atoms with Gasteiger partial charge in [0.2, 0.25) is 5.91 Å². The van der Waals surface area contributed by atoms with Gasteiger partial charge in [-0.05, 0) is 6.07 Å². The largest absolute Gasteiger partial charge is 0.368 e. The second-order valence-electron chi connectivity index (χ2n) is 3.69. The Hall–Kier alpha value is -1.49. The van der Waals surface area contributed by atoms with Crippen LogP contribution in [0.4, 0.5) is 0 Å². The van der Waals surface area contributed by atoms with Crippen LogP contribution in [0.1, 0.15) is 25.1 Å². The third-order valence-electron chi connectivity index (χ3n) is 2.66. The summed E-state index contributed by atoms with van der Waals surface area (Å²) in [4.78, 5) is 21.4. The van der Waals surface area contributed by atoms with E-state index in [-0.39, 0.29) is 12.0 Å². The molecule has 0 spiro atoms. The molecule has 1 saturated heterocycles. The molecule has 1 aliphatic heterocycles.